The van der Waals surface area contributed by atoms with Crippen molar-refractivity contribution in [1.29, 1.82) is 0 Å². The van der Waals surface area contributed by atoms with Gasteiger partial charge in [0.1, 0.15) is 5.69 Å². The van der Waals surface area contributed by atoms with Gasteiger partial charge in [-0.05, 0) is 24.5 Å². The van der Waals surface area contributed by atoms with Crippen LogP contribution < -0.4 is 5.32 Å². The minimum atomic E-state index is -4.61. The number of benzene rings is 2. The van der Waals surface area contributed by atoms with Gasteiger partial charge >= 0.3 is 6.18 Å². The third-order valence-corrected chi connectivity index (χ3v) is 4.13. The molecule has 0 saturated heterocycles. The van der Waals surface area contributed by atoms with Gasteiger partial charge in [-0.2, -0.15) is 18.3 Å². The number of hydrogen-bond donors (Lipinski definition) is 2. The number of aromatic amines is 1. The molecule has 1 aromatic heterocycles. The van der Waals surface area contributed by atoms with Gasteiger partial charge in [0, 0.05) is 6.42 Å². The van der Waals surface area contributed by atoms with E-state index in [2.05, 4.69) is 10.4 Å². The molecule has 3 aromatic rings. The van der Waals surface area contributed by atoms with Crippen LogP contribution in [0.1, 0.15) is 23.2 Å². The number of H-pyrrole nitrogens is 1. The summed E-state index contributed by atoms with van der Waals surface area (Å²) in [6.07, 6.45) is -3.97. The van der Waals surface area contributed by atoms with Gasteiger partial charge in [0.15, 0.2) is 5.82 Å². The Labute approximate surface area is 154 Å². The van der Waals surface area contributed by atoms with Gasteiger partial charge in [-0.25, -0.2) is 0 Å². The average molecular weight is 373 g/mol. The van der Waals surface area contributed by atoms with E-state index < -0.39 is 17.8 Å². The Morgan fingerprint density at radius 3 is 2.37 bits per heavy atom. The number of alkyl halides is 3. The monoisotopic (exact) mass is 373 g/mol. The molecule has 0 atom stereocenters. The highest BCUT2D eigenvalue weighted by molar-refractivity contribution is 5.94. The second-order valence-corrected chi connectivity index (χ2v) is 6.22. The summed E-state index contributed by atoms with van der Waals surface area (Å²) >= 11 is 0. The van der Waals surface area contributed by atoms with E-state index in [1.165, 1.54) is 0 Å². The van der Waals surface area contributed by atoms with Crippen LogP contribution in [0, 0.1) is 6.92 Å². The molecule has 0 radical (unpaired) electrons. The number of amides is 1. The fourth-order valence-corrected chi connectivity index (χ4v) is 2.73. The number of aryl methyl sites for hydroxylation is 2. The molecule has 0 spiro atoms. The number of rotatable bonds is 5. The topological polar surface area (TPSA) is 57.8 Å². The molecule has 0 aliphatic rings. The highest BCUT2D eigenvalue weighted by Crippen LogP contribution is 2.39. The fraction of sp³-hybridized carbons (Fsp3) is 0.200. The zero-order valence-electron chi connectivity index (χ0n) is 14.6. The molecule has 0 aliphatic heterocycles. The lowest BCUT2D eigenvalue weighted by atomic mass is 10.0. The second-order valence-electron chi connectivity index (χ2n) is 6.22. The molecule has 0 bridgehead atoms. The van der Waals surface area contributed by atoms with E-state index in [0.29, 0.717) is 12.0 Å². The lowest BCUT2D eigenvalue weighted by Gasteiger charge is -2.10. The van der Waals surface area contributed by atoms with Crippen LogP contribution in [-0.4, -0.2) is 16.1 Å². The Hall–Kier alpha value is -3.09. The predicted molar refractivity (Wildman–Crippen MR) is 97.2 cm³/mol. The van der Waals surface area contributed by atoms with Crippen molar-refractivity contribution in [2.75, 3.05) is 5.32 Å². The van der Waals surface area contributed by atoms with Crippen molar-refractivity contribution in [1.82, 2.24) is 10.2 Å². The number of aromatic nitrogens is 2. The zero-order valence-corrected chi connectivity index (χ0v) is 14.6. The first-order valence-corrected chi connectivity index (χ1v) is 8.41. The Morgan fingerprint density at radius 1 is 1.07 bits per heavy atom. The van der Waals surface area contributed by atoms with Crippen molar-refractivity contribution in [2.24, 2.45) is 0 Å². The molecule has 2 N–H and O–H groups in total. The number of hydrogen-bond acceptors (Lipinski definition) is 2. The van der Waals surface area contributed by atoms with E-state index in [1.807, 2.05) is 36.3 Å². The van der Waals surface area contributed by atoms with Crippen LogP contribution in [0.5, 0.6) is 0 Å². The van der Waals surface area contributed by atoms with Crippen molar-refractivity contribution >= 4 is 11.7 Å². The summed E-state index contributed by atoms with van der Waals surface area (Å²) in [6.45, 7) is 1.97. The van der Waals surface area contributed by atoms with Crippen molar-refractivity contribution in [2.45, 2.75) is 25.9 Å². The molecular weight excluding hydrogens is 355 g/mol. The minimum absolute atomic E-state index is 0.123. The summed E-state index contributed by atoms with van der Waals surface area (Å²) in [6, 6.07) is 15.8. The molecule has 1 heterocycles. The molecule has 2 aromatic carbocycles. The minimum Gasteiger partial charge on any atom is -0.309 e. The average Bonchev–Trinajstić information content (AvgIpc) is 3.06. The molecule has 0 saturated carbocycles. The lowest BCUT2D eigenvalue weighted by Crippen LogP contribution is -2.14. The number of halogens is 3. The Morgan fingerprint density at radius 2 is 1.74 bits per heavy atom. The third-order valence-electron chi connectivity index (χ3n) is 4.13. The smallest absolute Gasteiger partial charge is 0.309 e. The van der Waals surface area contributed by atoms with E-state index in [9.17, 15) is 18.0 Å². The molecule has 1 amide bonds. The van der Waals surface area contributed by atoms with E-state index in [4.69, 9.17) is 0 Å². The van der Waals surface area contributed by atoms with Crippen LogP contribution in [0.2, 0.25) is 0 Å². The number of carbonyl (C=O) groups excluding carboxylic acids is 1. The third kappa shape index (κ3) is 4.55. The van der Waals surface area contributed by atoms with Gasteiger partial charge in [-0.15, -0.1) is 0 Å². The molecule has 0 fully saturated rings. The van der Waals surface area contributed by atoms with E-state index in [0.717, 1.165) is 11.1 Å². The normalized spacial score (nSPS) is 11.4. The lowest BCUT2D eigenvalue weighted by molar-refractivity contribution is -0.140. The Bertz CT molecular complexity index is 916. The van der Waals surface area contributed by atoms with Gasteiger partial charge in [-0.1, -0.05) is 60.2 Å². The van der Waals surface area contributed by atoms with Gasteiger partial charge < -0.3 is 5.32 Å². The summed E-state index contributed by atoms with van der Waals surface area (Å²) < 4.78 is 39.9. The number of nitrogens with one attached hydrogen (secondary N) is 2. The quantitative estimate of drug-likeness (QED) is 0.663. The zero-order chi connectivity index (χ0) is 19.4. The van der Waals surface area contributed by atoms with Crippen LogP contribution in [0.3, 0.4) is 0 Å². The number of carbonyl (C=O) groups is 1. The largest absolute Gasteiger partial charge is 0.433 e. The van der Waals surface area contributed by atoms with Crippen LogP contribution in [0.4, 0.5) is 19.0 Å². The summed E-state index contributed by atoms with van der Waals surface area (Å²) in [7, 11) is 0. The summed E-state index contributed by atoms with van der Waals surface area (Å²) in [5.74, 6) is -0.518. The van der Waals surface area contributed by atoms with Crippen LogP contribution in [-0.2, 0) is 17.4 Å². The molecular formula is C20H18F3N3O. The number of nitrogens with zero attached hydrogens (tertiary/aromatic N) is 1. The predicted octanol–water partition coefficient (Wildman–Crippen LogP) is 4.98. The van der Waals surface area contributed by atoms with E-state index >= 15 is 0 Å². The van der Waals surface area contributed by atoms with E-state index in [1.54, 1.807) is 30.3 Å². The van der Waals surface area contributed by atoms with Crippen molar-refractivity contribution in [3.8, 4) is 11.1 Å². The summed E-state index contributed by atoms with van der Waals surface area (Å²) in [4.78, 5) is 12.2. The fourth-order valence-electron chi connectivity index (χ4n) is 2.73. The molecule has 27 heavy (non-hydrogen) atoms. The maximum atomic E-state index is 13.3. The SMILES string of the molecule is Cc1ccc(CCC(=O)Nc2n[nH]c(C(F)(F)F)c2-c2ccccc2)cc1. The maximum absolute atomic E-state index is 13.3. The molecule has 3 rings (SSSR count). The summed E-state index contributed by atoms with van der Waals surface area (Å²) in [5, 5.41) is 8.20. The Balaban J connectivity index is 1.79. The highest BCUT2D eigenvalue weighted by atomic mass is 19.4. The highest BCUT2D eigenvalue weighted by Gasteiger charge is 2.38. The van der Waals surface area contributed by atoms with Crippen molar-refractivity contribution < 1.29 is 18.0 Å². The maximum Gasteiger partial charge on any atom is 0.433 e. The van der Waals surface area contributed by atoms with Crippen LogP contribution in [0.25, 0.3) is 11.1 Å². The van der Waals surface area contributed by atoms with Crippen molar-refractivity contribution in [3.63, 3.8) is 0 Å². The van der Waals surface area contributed by atoms with Crippen molar-refractivity contribution in [3.05, 3.63) is 71.4 Å². The van der Waals surface area contributed by atoms with Gasteiger partial charge in [0.2, 0.25) is 5.91 Å². The standard InChI is InChI=1S/C20H18F3N3O/c1-13-7-9-14(10-8-13)11-12-16(27)24-19-17(15-5-3-2-4-6-15)18(25-26-19)20(21,22)23/h2-10H,11-12H2,1H3,(H2,24,25,26,27). The second kappa shape index (κ2) is 7.65. The van der Waals surface area contributed by atoms with Crippen LogP contribution >= 0.6 is 0 Å². The van der Waals surface area contributed by atoms with E-state index in [-0.39, 0.29) is 17.8 Å². The number of anilines is 1. The van der Waals surface area contributed by atoms with Gasteiger partial charge in [-0.3, -0.25) is 9.89 Å². The van der Waals surface area contributed by atoms with Gasteiger partial charge in [0.05, 0.1) is 5.56 Å². The molecule has 4 nitrogen and oxygen atoms in total. The van der Waals surface area contributed by atoms with Crippen LogP contribution in [0.15, 0.2) is 54.6 Å². The first kappa shape index (κ1) is 18.7. The Kier molecular flexibility index (Phi) is 5.30. The molecule has 0 aliphatic carbocycles. The molecule has 140 valence electrons. The van der Waals surface area contributed by atoms with Gasteiger partial charge in [0.25, 0.3) is 0 Å². The molecule has 7 heteroatoms. The first-order valence-electron chi connectivity index (χ1n) is 8.41. The summed E-state index contributed by atoms with van der Waals surface area (Å²) in [5.41, 5.74) is 1.28. The molecule has 0 unspecified atom stereocenters. The first-order chi connectivity index (χ1) is 12.8.